The summed E-state index contributed by atoms with van der Waals surface area (Å²) in [5, 5.41) is 9.89. The second kappa shape index (κ2) is 10.4. The normalized spacial score (nSPS) is 12.0. The number of para-hydroxylation sites is 2. The van der Waals surface area contributed by atoms with Crippen LogP contribution in [0, 0.1) is 0 Å². The topological polar surface area (TPSA) is 52.1 Å². The van der Waals surface area contributed by atoms with Gasteiger partial charge < -0.3 is 8.83 Å². The lowest BCUT2D eigenvalue weighted by molar-refractivity contribution is 0.669. The van der Waals surface area contributed by atoms with Gasteiger partial charge in [0.1, 0.15) is 22.3 Å². The van der Waals surface area contributed by atoms with Crippen LogP contribution in [0.2, 0.25) is 0 Å². The maximum Gasteiger partial charge on any atom is 0.160 e. The highest BCUT2D eigenvalue weighted by Crippen LogP contribution is 2.44. The van der Waals surface area contributed by atoms with Gasteiger partial charge in [0, 0.05) is 43.4 Å². The van der Waals surface area contributed by atoms with Crippen molar-refractivity contribution < 1.29 is 8.83 Å². The lowest BCUT2D eigenvalue weighted by atomic mass is 9.93. The molecule has 0 spiro atoms. The summed E-state index contributed by atoms with van der Waals surface area (Å²) in [5.74, 6) is 0.652. The first-order chi connectivity index (χ1) is 24.8. The Kier molecular flexibility index (Phi) is 5.63. The van der Waals surface area contributed by atoms with Crippen molar-refractivity contribution in [1.82, 2.24) is 9.97 Å². The Bertz CT molecular complexity index is 3170. The second-order valence-corrected chi connectivity index (χ2v) is 12.9. The SMILES string of the molecule is c1ccc2cc(-c3cccc4oc5c6ccccc6c(-c6nc(-c7ccc8c(c7)oc7ccccc78)nc7ccccc67)cc5c34)ccc2c1. The molecule has 232 valence electrons. The van der Waals surface area contributed by atoms with Crippen LogP contribution in [-0.4, -0.2) is 9.97 Å². The molecule has 11 rings (SSSR count). The van der Waals surface area contributed by atoms with Crippen LogP contribution in [-0.2, 0) is 0 Å². The second-order valence-electron chi connectivity index (χ2n) is 12.9. The van der Waals surface area contributed by atoms with E-state index in [1.54, 1.807) is 0 Å². The molecule has 0 aliphatic rings. The number of nitrogens with zero attached hydrogens (tertiary/aromatic N) is 2. The molecule has 0 unspecified atom stereocenters. The standard InChI is InChI=1S/C46H26N2O2/c1-2-11-28-24-29(21-20-27(28)10-1)31-16-9-19-41-43(31)38-26-37(32-12-3-4-14-35(32)45(38)50-41)44-36-15-5-7-17-39(36)47-46(48-44)30-22-23-34-33-13-6-8-18-40(33)49-42(34)25-30/h1-26H. The van der Waals surface area contributed by atoms with Crippen LogP contribution in [0.15, 0.2) is 167 Å². The molecule has 0 saturated carbocycles. The molecule has 0 amide bonds. The highest BCUT2D eigenvalue weighted by molar-refractivity contribution is 6.23. The van der Waals surface area contributed by atoms with Crippen LogP contribution in [0.4, 0.5) is 0 Å². The summed E-state index contributed by atoms with van der Waals surface area (Å²) < 4.78 is 13.0. The molecule has 0 bridgehead atoms. The highest BCUT2D eigenvalue weighted by Gasteiger charge is 2.21. The van der Waals surface area contributed by atoms with E-state index in [4.69, 9.17) is 18.8 Å². The Balaban J connectivity index is 1.19. The largest absolute Gasteiger partial charge is 0.456 e. The van der Waals surface area contributed by atoms with Gasteiger partial charge in [0.05, 0.1) is 11.2 Å². The van der Waals surface area contributed by atoms with Gasteiger partial charge in [0.15, 0.2) is 5.82 Å². The first kappa shape index (κ1) is 27.2. The number of hydrogen-bond donors (Lipinski definition) is 0. The first-order valence-corrected chi connectivity index (χ1v) is 16.8. The van der Waals surface area contributed by atoms with Crippen molar-refractivity contribution in [2.75, 3.05) is 0 Å². The minimum Gasteiger partial charge on any atom is -0.456 e. The Labute approximate surface area is 285 Å². The van der Waals surface area contributed by atoms with E-state index in [1.807, 2.05) is 24.3 Å². The summed E-state index contributed by atoms with van der Waals surface area (Å²) in [6.07, 6.45) is 0. The molecule has 0 radical (unpaired) electrons. The van der Waals surface area contributed by atoms with Crippen molar-refractivity contribution in [1.29, 1.82) is 0 Å². The summed E-state index contributed by atoms with van der Waals surface area (Å²) in [6, 6.07) is 55.0. The quantitative estimate of drug-likeness (QED) is 0.193. The lowest BCUT2D eigenvalue weighted by Gasteiger charge is -2.13. The summed E-state index contributed by atoms with van der Waals surface area (Å²) in [7, 11) is 0. The van der Waals surface area contributed by atoms with Crippen molar-refractivity contribution in [3.05, 3.63) is 158 Å². The third kappa shape index (κ3) is 3.99. The molecule has 0 aliphatic heterocycles. The average molecular weight is 639 g/mol. The van der Waals surface area contributed by atoms with Gasteiger partial charge in [0.25, 0.3) is 0 Å². The molecule has 0 fully saturated rings. The molecule has 3 aromatic heterocycles. The monoisotopic (exact) mass is 638 g/mol. The summed E-state index contributed by atoms with van der Waals surface area (Å²) in [5.41, 5.74) is 9.43. The van der Waals surface area contributed by atoms with E-state index in [9.17, 15) is 0 Å². The predicted octanol–water partition coefficient (Wildman–Crippen LogP) is 12.7. The van der Waals surface area contributed by atoms with Gasteiger partial charge in [-0.05, 0) is 69.8 Å². The number of aromatic nitrogens is 2. The fourth-order valence-electron chi connectivity index (χ4n) is 7.72. The highest BCUT2D eigenvalue weighted by atomic mass is 16.3. The number of rotatable bonds is 3. The van der Waals surface area contributed by atoms with E-state index in [1.165, 1.54) is 10.8 Å². The molecule has 4 nitrogen and oxygen atoms in total. The Morgan fingerprint density at radius 2 is 1.10 bits per heavy atom. The van der Waals surface area contributed by atoms with E-state index < -0.39 is 0 Å². The maximum atomic E-state index is 6.71. The summed E-state index contributed by atoms with van der Waals surface area (Å²) in [6.45, 7) is 0. The number of fused-ring (bicyclic) bond motifs is 10. The van der Waals surface area contributed by atoms with E-state index >= 15 is 0 Å². The van der Waals surface area contributed by atoms with E-state index in [2.05, 4.69) is 133 Å². The smallest absolute Gasteiger partial charge is 0.160 e. The van der Waals surface area contributed by atoms with Crippen molar-refractivity contribution in [2.24, 2.45) is 0 Å². The Hall–Kier alpha value is -6.78. The zero-order valence-corrected chi connectivity index (χ0v) is 26.7. The molecule has 3 heterocycles. The molecular weight excluding hydrogens is 613 g/mol. The Morgan fingerprint density at radius 3 is 2.02 bits per heavy atom. The molecule has 0 saturated heterocycles. The minimum absolute atomic E-state index is 0.652. The molecule has 0 aliphatic carbocycles. The van der Waals surface area contributed by atoms with Gasteiger partial charge in [-0.2, -0.15) is 0 Å². The molecule has 0 atom stereocenters. The predicted molar refractivity (Wildman–Crippen MR) is 205 cm³/mol. The van der Waals surface area contributed by atoms with Crippen LogP contribution in [0.3, 0.4) is 0 Å². The van der Waals surface area contributed by atoms with Crippen LogP contribution < -0.4 is 0 Å². The van der Waals surface area contributed by atoms with Gasteiger partial charge >= 0.3 is 0 Å². The van der Waals surface area contributed by atoms with Crippen molar-refractivity contribution in [3.8, 4) is 33.8 Å². The molecule has 50 heavy (non-hydrogen) atoms. The van der Waals surface area contributed by atoms with Gasteiger partial charge in [-0.1, -0.05) is 115 Å². The summed E-state index contributed by atoms with van der Waals surface area (Å²) >= 11 is 0. The van der Waals surface area contributed by atoms with Crippen molar-refractivity contribution >= 4 is 76.3 Å². The number of hydrogen-bond acceptors (Lipinski definition) is 4. The number of benzene rings is 8. The van der Waals surface area contributed by atoms with Crippen LogP contribution >= 0.6 is 0 Å². The van der Waals surface area contributed by atoms with Crippen molar-refractivity contribution in [3.63, 3.8) is 0 Å². The average Bonchev–Trinajstić information content (AvgIpc) is 3.75. The Morgan fingerprint density at radius 1 is 0.380 bits per heavy atom. The lowest BCUT2D eigenvalue weighted by Crippen LogP contribution is -1.96. The van der Waals surface area contributed by atoms with Crippen LogP contribution in [0.1, 0.15) is 0 Å². The minimum atomic E-state index is 0.652. The van der Waals surface area contributed by atoms with Gasteiger partial charge in [0.2, 0.25) is 0 Å². The third-order valence-electron chi connectivity index (χ3n) is 10.1. The third-order valence-corrected chi connectivity index (χ3v) is 10.1. The summed E-state index contributed by atoms with van der Waals surface area (Å²) in [4.78, 5) is 10.4. The maximum absolute atomic E-state index is 6.71. The van der Waals surface area contributed by atoms with Crippen LogP contribution in [0.5, 0.6) is 0 Å². The number of furan rings is 2. The fourth-order valence-corrected chi connectivity index (χ4v) is 7.72. The molecular formula is C46H26N2O2. The van der Waals surface area contributed by atoms with Gasteiger partial charge in [-0.15, -0.1) is 0 Å². The van der Waals surface area contributed by atoms with E-state index in [-0.39, 0.29) is 0 Å². The molecule has 11 aromatic rings. The first-order valence-electron chi connectivity index (χ1n) is 16.8. The van der Waals surface area contributed by atoms with E-state index in [0.717, 1.165) is 93.5 Å². The van der Waals surface area contributed by atoms with Gasteiger partial charge in [-0.3, -0.25) is 0 Å². The zero-order valence-electron chi connectivity index (χ0n) is 26.7. The molecule has 0 N–H and O–H groups in total. The van der Waals surface area contributed by atoms with Gasteiger partial charge in [-0.25, -0.2) is 9.97 Å². The van der Waals surface area contributed by atoms with Crippen LogP contribution in [0.25, 0.3) is 110 Å². The molecule has 8 aromatic carbocycles. The zero-order chi connectivity index (χ0) is 32.8. The van der Waals surface area contributed by atoms with Crippen molar-refractivity contribution in [2.45, 2.75) is 0 Å². The molecule has 4 heteroatoms. The van der Waals surface area contributed by atoms with E-state index in [0.29, 0.717) is 5.82 Å². The fraction of sp³-hybridized carbons (Fsp3) is 0.